The van der Waals surface area contributed by atoms with E-state index in [9.17, 15) is 5.11 Å². The van der Waals surface area contributed by atoms with Gasteiger partial charge in [-0.15, -0.1) is 0 Å². The molecule has 0 bridgehead atoms. The van der Waals surface area contributed by atoms with Crippen molar-refractivity contribution < 1.29 is 5.11 Å². The first-order chi connectivity index (χ1) is 9.34. The number of rotatable bonds is 5. The summed E-state index contributed by atoms with van der Waals surface area (Å²) in [4.78, 5) is 8.15. The Morgan fingerprint density at radius 2 is 2.25 bits per heavy atom. The maximum Gasteiger partial charge on any atom is 0.185 e. The molecule has 2 rings (SSSR count). The molecule has 1 N–H and O–H groups in total. The van der Waals surface area contributed by atoms with E-state index in [-0.39, 0.29) is 11.5 Å². The highest BCUT2D eigenvalue weighted by Gasteiger charge is 2.34. The highest BCUT2D eigenvalue weighted by molar-refractivity contribution is 7.98. The molecular formula is C15H26N2OS2. The molecule has 1 heterocycles. The van der Waals surface area contributed by atoms with Crippen LogP contribution in [0.4, 0.5) is 5.13 Å². The molecule has 1 aromatic rings. The molecule has 1 aliphatic rings. The third-order valence-corrected chi connectivity index (χ3v) is 6.05. The standard InChI is InChI=1S/C15H26N2OS2/c1-10(6-7-19-5)17(4)14-16-11-8-15(2,3)9-12(18)13(11)20-14/h10,12,18H,6-9H2,1-5H3. The summed E-state index contributed by atoms with van der Waals surface area (Å²) in [6, 6.07) is 0.486. The van der Waals surface area contributed by atoms with Crippen LogP contribution < -0.4 is 4.90 Å². The molecule has 1 aliphatic carbocycles. The zero-order chi connectivity index (χ0) is 14.9. The highest BCUT2D eigenvalue weighted by Crippen LogP contribution is 2.44. The second kappa shape index (κ2) is 6.24. The number of aromatic nitrogens is 1. The number of aliphatic hydroxyl groups excluding tert-OH is 1. The third kappa shape index (κ3) is 3.49. The minimum absolute atomic E-state index is 0.154. The number of nitrogens with zero attached hydrogens (tertiary/aromatic N) is 2. The summed E-state index contributed by atoms with van der Waals surface area (Å²) in [5.41, 5.74) is 1.26. The second-order valence-corrected chi connectivity index (χ2v) is 8.60. The maximum atomic E-state index is 10.3. The Hall–Kier alpha value is -0.260. The van der Waals surface area contributed by atoms with Crippen molar-refractivity contribution in [3.8, 4) is 0 Å². The summed E-state index contributed by atoms with van der Waals surface area (Å²) in [6.45, 7) is 6.67. The molecule has 0 aliphatic heterocycles. The van der Waals surface area contributed by atoms with Gasteiger partial charge in [0.15, 0.2) is 5.13 Å². The van der Waals surface area contributed by atoms with Crippen LogP contribution in [0.5, 0.6) is 0 Å². The average molecular weight is 315 g/mol. The lowest BCUT2D eigenvalue weighted by Gasteiger charge is -2.31. The number of anilines is 1. The van der Waals surface area contributed by atoms with Gasteiger partial charge in [-0.2, -0.15) is 11.8 Å². The van der Waals surface area contributed by atoms with Crippen LogP contribution in [0.1, 0.15) is 50.3 Å². The molecule has 0 saturated heterocycles. The first-order valence-corrected chi connectivity index (χ1v) is 9.44. The third-order valence-electron chi connectivity index (χ3n) is 4.11. The molecule has 20 heavy (non-hydrogen) atoms. The van der Waals surface area contributed by atoms with E-state index in [0.717, 1.165) is 35.0 Å². The van der Waals surface area contributed by atoms with Crippen LogP contribution in [0.2, 0.25) is 0 Å². The fourth-order valence-corrected chi connectivity index (χ4v) is 4.41. The van der Waals surface area contributed by atoms with Gasteiger partial charge in [0.1, 0.15) is 0 Å². The van der Waals surface area contributed by atoms with Gasteiger partial charge in [-0.05, 0) is 43.6 Å². The normalized spacial score (nSPS) is 22.4. The smallest absolute Gasteiger partial charge is 0.185 e. The average Bonchev–Trinajstić information content (AvgIpc) is 2.77. The summed E-state index contributed by atoms with van der Waals surface area (Å²) >= 11 is 3.56. The first kappa shape index (κ1) is 16.1. The molecule has 3 nitrogen and oxygen atoms in total. The Morgan fingerprint density at radius 3 is 2.90 bits per heavy atom. The summed E-state index contributed by atoms with van der Waals surface area (Å²) in [5.74, 6) is 1.17. The van der Waals surface area contributed by atoms with Crippen molar-refractivity contribution in [3.05, 3.63) is 10.6 Å². The van der Waals surface area contributed by atoms with Crippen molar-refractivity contribution in [1.29, 1.82) is 0 Å². The topological polar surface area (TPSA) is 36.4 Å². The van der Waals surface area contributed by atoms with E-state index >= 15 is 0 Å². The van der Waals surface area contributed by atoms with Crippen LogP contribution in [-0.2, 0) is 6.42 Å². The molecule has 1 aromatic heterocycles. The zero-order valence-corrected chi connectivity index (χ0v) is 14.8. The van der Waals surface area contributed by atoms with Crippen LogP contribution >= 0.6 is 23.1 Å². The number of aliphatic hydroxyl groups is 1. The van der Waals surface area contributed by atoms with Crippen LogP contribution in [0.3, 0.4) is 0 Å². The van der Waals surface area contributed by atoms with Gasteiger partial charge in [-0.25, -0.2) is 4.98 Å². The van der Waals surface area contributed by atoms with Crippen molar-refractivity contribution in [2.24, 2.45) is 5.41 Å². The fraction of sp³-hybridized carbons (Fsp3) is 0.800. The number of hydrogen-bond donors (Lipinski definition) is 1. The highest BCUT2D eigenvalue weighted by atomic mass is 32.2. The maximum absolute atomic E-state index is 10.3. The molecule has 114 valence electrons. The number of thiazole rings is 1. The molecule has 0 amide bonds. The van der Waals surface area contributed by atoms with E-state index in [0.29, 0.717) is 6.04 Å². The Morgan fingerprint density at radius 1 is 1.55 bits per heavy atom. The van der Waals surface area contributed by atoms with Crippen molar-refractivity contribution >= 4 is 28.2 Å². The van der Waals surface area contributed by atoms with E-state index < -0.39 is 0 Å². The molecule has 2 atom stereocenters. The Balaban J connectivity index is 2.16. The molecule has 0 radical (unpaired) electrons. The monoisotopic (exact) mass is 314 g/mol. The van der Waals surface area contributed by atoms with Crippen molar-refractivity contribution in [1.82, 2.24) is 4.98 Å². The summed E-state index contributed by atoms with van der Waals surface area (Å²) in [5, 5.41) is 11.4. The number of thioether (sulfide) groups is 1. The van der Waals surface area contributed by atoms with Gasteiger partial charge >= 0.3 is 0 Å². The molecule has 2 unspecified atom stereocenters. The zero-order valence-electron chi connectivity index (χ0n) is 13.1. The molecule has 0 spiro atoms. The fourth-order valence-electron chi connectivity index (χ4n) is 2.70. The van der Waals surface area contributed by atoms with Gasteiger partial charge in [-0.3, -0.25) is 0 Å². The van der Waals surface area contributed by atoms with E-state index in [2.05, 4.69) is 39.0 Å². The van der Waals surface area contributed by atoms with E-state index in [1.807, 2.05) is 11.8 Å². The van der Waals surface area contributed by atoms with Gasteiger partial charge in [0, 0.05) is 13.1 Å². The Kier molecular flexibility index (Phi) is 5.03. The lowest BCUT2D eigenvalue weighted by atomic mass is 9.77. The molecule has 5 heteroatoms. The molecule has 0 fully saturated rings. The Bertz CT molecular complexity index is 459. The SMILES string of the molecule is CSCCC(C)N(C)c1nc2c(s1)C(O)CC(C)(C)C2. The lowest BCUT2D eigenvalue weighted by molar-refractivity contribution is 0.102. The van der Waals surface area contributed by atoms with Crippen LogP contribution in [0, 0.1) is 5.41 Å². The van der Waals surface area contributed by atoms with Gasteiger partial charge in [0.05, 0.1) is 16.7 Å². The first-order valence-electron chi connectivity index (χ1n) is 7.23. The number of hydrogen-bond acceptors (Lipinski definition) is 5. The van der Waals surface area contributed by atoms with Crippen molar-refractivity contribution in [2.45, 2.75) is 52.2 Å². The summed E-state index contributed by atoms with van der Waals surface area (Å²) < 4.78 is 0. The van der Waals surface area contributed by atoms with Gasteiger partial charge < -0.3 is 10.0 Å². The van der Waals surface area contributed by atoms with Crippen molar-refractivity contribution in [2.75, 3.05) is 24.0 Å². The van der Waals surface area contributed by atoms with Crippen LogP contribution in [-0.4, -0.2) is 35.2 Å². The molecular weight excluding hydrogens is 288 g/mol. The summed E-state index contributed by atoms with van der Waals surface area (Å²) in [7, 11) is 2.12. The summed E-state index contributed by atoms with van der Waals surface area (Å²) in [6.07, 6.45) is 4.79. The van der Waals surface area contributed by atoms with E-state index in [1.54, 1.807) is 11.3 Å². The molecule has 0 aromatic carbocycles. The van der Waals surface area contributed by atoms with Crippen molar-refractivity contribution in [3.63, 3.8) is 0 Å². The number of fused-ring (bicyclic) bond motifs is 1. The van der Waals surface area contributed by atoms with Gasteiger partial charge in [0.25, 0.3) is 0 Å². The minimum atomic E-state index is -0.338. The predicted octanol–water partition coefficient (Wildman–Crippen LogP) is 3.73. The second-order valence-electron chi connectivity index (χ2n) is 6.61. The van der Waals surface area contributed by atoms with E-state index in [1.165, 1.54) is 5.75 Å². The quantitative estimate of drug-likeness (QED) is 0.898. The van der Waals surface area contributed by atoms with Crippen LogP contribution in [0.25, 0.3) is 0 Å². The van der Waals surface area contributed by atoms with Gasteiger partial charge in [0.2, 0.25) is 0 Å². The van der Waals surface area contributed by atoms with E-state index in [4.69, 9.17) is 4.98 Å². The van der Waals surface area contributed by atoms with Crippen LogP contribution in [0.15, 0.2) is 0 Å². The molecule has 0 saturated carbocycles. The minimum Gasteiger partial charge on any atom is -0.387 e. The van der Waals surface area contributed by atoms with Gasteiger partial charge in [-0.1, -0.05) is 25.2 Å². The predicted molar refractivity (Wildman–Crippen MR) is 90.0 cm³/mol. The lowest BCUT2D eigenvalue weighted by Crippen LogP contribution is -2.29. The Labute approximate surface area is 130 Å². The largest absolute Gasteiger partial charge is 0.387 e.